The van der Waals surface area contributed by atoms with E-state index < -0.39 is 12.4 Å². The monoisotopic (exact) mass is 270 g/mol. The maximum atomic E-state index is 12.4. The molecule has 0 spiro atoms. The molecule has 1 fully saturated rings. The number of halogens is 1. The number of ether oxygens (including phenoxy) is 1. The molecule has 2 atom stereocenters. The summed E-state index contributed by atoms with van der Waals surface area (Å²) in [6.45, 7) is 8.22. The Morgan fingerprint density at radius 2 is 1.88 bits per heavy atom. The Hall–Kier alpha value is 0.400. The second-order valence-corrected chi connectivity index (χ2v) is 7.18. The van der Waals surface area contributed by atoms with Crippen LogP contribution in [0.25, 0.3) is 0 Å². The van der Waals surface area contributed by atoms with Crippen LogP contribution in [0.5, 0.6) is 0 Å². The highest BCUT2D eigenvalue weighted by Crippen LogP contribution is 2.72. The molecule has 1 aliphatic heterocycles. The van der Waals surface area contributed by atoms with E-state index in [2.05, 4.69) is 13.8 Å². The molecule has 6 heteroatoms. The molecule has 0 N–H and O–H groups in total. The van der Waals surface area contributed by atoms with E-state index in [-0.39, 0.29) is 6.10 Å². The molecule has 4 nitrogen and oxygen atoms in total. The van der Waals surface area contributed by atoms with Gasteiger partial charge in [0.15, 0.2) is 0 Å². The third-order valence-electron chi connectivity index (χ3n) is 2.30. The van der Waals surface area contributed by atoms with Crippen molar-refractivity contribution in [2.75, 3.05) is 13.2 Å². The Balaban J connectivity index is 2.70. The van der Waals surface area contributed by atoms with Crippen molar-refractivity contribution in [3.05, 3.63) is 0 Å². The minimum Gasteiger partial charge on any atom is -0.339 e. The van der Waals surface area contributed by atoms with Crippen molar-refractivity contribution in [2.24, 2.45) is 5.92 Å². The predicted octanol–water partition coefficient (Wildman–Crippen LogP) is 3.59. The van der Waals surface area contributed by atoms with Gasteiger partial charge in [-0.05, 0) is 26.2 Å². The smallest absolute Gasteiger partial charge is 0.339 e. The maximum absolute atomic E-state index is 12.4. The molecule has 0 unspecified atom stereocenters. The predicted molar refractivity (Wildman–Crippen MR) is 63.8 cm³/mol. The van der Waals surface area contributed by atoms with Crippen molar-refractivity contribution in [2.45, 2.75) is 45.0 Å². The van der Waals surface area contributed by atoms with Gasteiger partial charge in [-0.25, -0.2) is 0 Å². The van der Waals surface area contributed by atoms with Gasteiger partial charge in [0, 0.05) is 0 Å². The molecule has 0 aromatic carbocycles. The van der Waals surface area contributed by atoms with Gasteiger partial charge in [0.1, 0.15) is 6.10 Å². The molecule has 0 aromatic rings. The van der Waals surface area contributed by atoms with Gasteiger partial charge in [-0.1, -0.05) is 25.4 Å². The lowest BCUT2D eigenvalue weighted by Crippen LogP contribution is -2.14. The topological polar surface area (TPSA) is 48.1 Å². The molecule has 0 aromatic heterocycles. The molecule has 1 heterocycles. The Morgan fingerprint density at radius 3 is 2.25 bits per heavy atom. The minimum atomic E-state index is -3.36. The fraction of sp³-hybridized carbons (Fsp3) is 1.00. The molecule has 1 rings (SSSR count). The summed E-state index contributed by atoms with van der Waals surface area (Å²) in [5, 5.41) is 0. The van der Waals surface area contributed by atoms with Crippen LogP contribution in [0.15, 0.2) is 0 Å². The van der Waals surface area contributed by atoms with E-state index >= 15 is 0 Å². The lowest BCUT2D eigenvalue weighted by molar-refractivity contribution is 0.202. The second-order valence-electron chi connectivity index (χ2n) is 4.18. The van der Waals surface area contributed by atoms with E-state index in [4.69, 9.17) is 25.4 Å². The first-order valence-corrected chi connectivity index (χ1v) is 7.57. The SMILES string of the molecule is CCOP(=O)(OCC)[C@]1(Cl)O[C@H]1CC(C)C. The largest absolute Gasteiger partial charge is 0.380 e. The van der Waals surface area contributed by atoms with E-state index in [9.17, 15) is 4.57 Å². The fourth-order valence-corrected chi connectivity index (χ4v) is 3.89. The molecule has 0 amide bonds. The quantitative estimate of drug-likeness (QED) is 0.403. The van der Waals surface area contributed by atoms with Crippen LogP contribution in [0.4, 0.5) is 0 Å². The van der Waals surface area contributed by atoms with Crippen molar-refractivity contribution in [1.82, 2.24) is 0 Å². The van der Waals surface area contributed by atoms with E-state index in [1.54, 1.807) is 13.8 Å². The first-order valence-electron chi connectivity index (χ1n) is 5.65. The van der Waals surface area contributed by atoms with Gasteiger partial charge < -0.3 is 13.8 Å². The highest BCUT2D eigenvalue weighted by Gasteiger charge is 2.69. The fourth-order valence-electron chi connectivity index (χ4n) is 1.58. The van der Waals surface area contributed by atoms with Crippen molar-refractivity contribution >= 4 is 19.2 Å². The van der Waals surface area contributed by atoms with Crippen LogP contribution < -0.4 is 0 Å². The molecule has 1 aliphatic rings. The van der Waals surface area contributed by atoms with Crippen LogP contribution in [0.3, 0.4) is 0 Å². The average Bonchev–Trinajstić information content (AvgIpc) is 2.78. The summed E-state index contributed by atoms with van der Waals surface area (Å²) < 4.78 is 28.1. The van der Waals surface area contributed by atoms with Crippen molar-refractivity contribution < 1.29 is 18.3 Å². The molecule has 0 saturated carbocycles. The molecule has 96 valence electrons. The van der Waals surface area contributed by atoms with E-state index in [0.717, 1.165) is 6.42 Å². The summed E-state index contributed by atoms with van der Waals surface area (Å²) in [4.78, 5) is -1.26. The van der Waals surface area contributed by atoms with Crippen LogP contribution in [0.1, 0.15) is 34.1 Å². The Kier molecular flexibility index (Phi) is 4.85. The Labute approximate surface area is 102 Å². The first-order chi connectivity index (χ1) is 7.39. The lowest BCUT2D eigenvalue weighted by Gasteiger charge is -2.19. The zero-order chi connectivity index (χ0) is 12.4. The Morgan fingerprint density at radius 1 is 1.38 bits per heavy atom. The molecular weight excluding hydrogens is 251 g/mol. The number of epoxide rings is 1. The van der Waals surface area contributed by atoms with Gasteiger partial charge in [-0.15, -0.1) is 0 Å². The normalized spacial score (nSPS) is 29.8. The van der Waals surface area contributed by atoms with Crippen LogP contribution >= 0.6 is 19.2 Å². The standard InChI is InChI=1S/C10H20ClO4P/c1-5-13-16(12,14-6-2)10(11)9(15-10)7-8(3)4/h8-9H,5-7H2,1-4H3/t9-,10+/m0/s1. The summed E-state index contributed by atoms with van der Waals surface area (Å²) >= 11 is 6.18. The summed E-state index contributed by atoms with van der Waals surface area (Å²) in [5.41, 5.74) is 0. The van der Waals surface area contributed by atoms with Gasteiger partial charge in [0.05, 0.1) is 13.2 Å². The van der Waals surface area contributed by atoms with Crippen LogP contribution in [-0.4, -0.2) is 24.1 Å². The van der Waals surface area contributed by atoms with Crippen LogP contribution in [-0.2, 0) is 18.3 Å². The maximum Gasteiger partial charge on any atom is 0.380 e. The molecule has 0 radical (unpaired) electrons. The number of alkyl halides is 1. The summed E-state index contributed by atoms with van der Waals surface area (Å²) in [6, 6.07) is 0. The molecular formula is C10H20ClO4P. The third-order valence-corrected chi connectivity index (χ3v) is 5.59. The number of hydrogen-bond donors (Lipinski definition) is 0. The number of hydrogen-bond acceptors (Lipinski definition) is 4. The summed E-state index contributed by atoms with van der Waals surface area (Å²) in [7, 11) is -3.36. The van der Waals surface area contributed by atoms with Gasteiger partial charge in [-0.3, -0.25) is 4.57 Å². The van der Waals surface area contributed by atoms with Crippen LogP contribution in [0, 0.1) is 5.92 Å². The van der Waals surface area contributed by atoms with Crippen molar-refractivity contribution in [1.29, 1.82) is 0 Å². The van der Waals surface area contributed by atoms with Gasteiger partial charge in [0.25, 0.3) is 4.80 Å². The Bertz CT molecular complexity index is 274. The van der Waals surface area contributed by atoms with Crippen LogP contribution in [0.2, 0.25) is 0 Å². The summed E-state index contributed by atoms with van der Waals surface area (Å²) in [6.07, 6.45) is 0.520. The van der Waals surface area contributed by atoms with E-state index in [1.165, 1.54) is 0 Å². The second kappa shape index (κ2) is 5.36. The minimum absolute atomic E-state index is 0.238. The first kappa shape index (κ1) is 14.5. The van der Waals surface area contributed by atoms with Gasteiger partial charge in [0.2, 0.25) is 0 Å². The molecule has 16 heavy (non-hydrogen) atoms. The van der Waals surface area contributed by atoms with Crippen molar-refractivity contribution in [3.63, 3.8) is 0 Å². The molecule has 1 saturated heterocycles. The lowest BCUT2D eigenvalue weighted by atomic mass is 10.1. The summed E-state index contributed by atoms with van der Waals surface area (Å²) in [5.74, 6) is 0.433. The highest BCUT2D eigenvalue weighted by atomic mass is 35.5. The average molecular weight is 271 g/mol. The molecule has 0 aliphatic carbocycles. The van der Waals surface area contributed by atoms with E-state index in [1.807, 2.05) is 0 Å². The molecule has 0 bridgehead atoms. The third kappa shape index (κ3) is 2.80. The van der Waals surface area contributed by atoms with E-state index in [0.29, 0.717) is 19.1 Å². The zero-order valence-corrected chi connectivity index (χ0v) is 11.9. The van der Waals surface area contributed by atoms with Gasteiger partial charge >= 0.3 is 7.60 Å². The number of rotatable bonds is 7. The van der Waals surface area contributed by atoms with Gasteiger partial charge in [-0.2, -0.15) is 0 Å². The highest BCUT2D eigenvalue weighted by molar-refractivity contribution is 7.58. The zero-order valence-electron chi connectivity index (χ0n) is 10.2. The van der Waals surface area contributed by atoms with Crippen molar-refractivity contribution in [3.8, 4) is 0 Å².